The van der Waals surface area contributed by atoms with Crippen LogP contribution in [0.3, 0.4) is 0 Å². The van der Waals surface area contributed by atoms with Gasteiger partial charge in [0.2, 0.25) is 0 Å². The molecule has 0 radical (unpaired) electrons. The number of pyridine rings is 1. The van der Waals surface area contributed by atoms with Gasteiger partial charge in [0, 0.05) is 6.04 Å². The summed E-state index contributed by atoms with van der Waals surface area (Å²) in [5.74, 6) is 0.740. The zero-order chi connectivity index (χ0) is 14.7. The fourth-order valence-electron chi connectivity index (χ4n) is 2.83. The predicted molar refractivity (Wildman–Crippen MR) is 79.5 cm³/mol. The van der Waals surface area contributed by atoms with Crippen LogP contribution in [0.25, 0.3) is 0 Å². The summed E-state index contributed by atoms with van der Waals surface area (Å²) in [6.07, 6.45) is 7.58. The average molecular weight is 285 g/mol. The maximum absolute atomic E-state index is 12.8. The van der Waals surface area contributed by atoms with Crippen LogP contribution < -0.4 is 5.73 Å². The van der Waals surface area contributed by atoms with Gasteiger partial charge < -0.3 is 15.1 Å². The van der Waals surface area contributed by atoms with Crippen LogP contribution in [0, 0.1) is 0 Å². The number of nitrogens with two attached hydrogens (primary N) is 1. The summed E-state index contributed by atoms with van der Waals surface area (Å²) in [6.45, 7) is 0.489. The van der Waals surface area contributed by atoms with Gasteiger partial charge in [-0.15, -0.1) is 0 Å². The van der Waals surface area contributed by atoms with Gasteiger partial charge in [-0.05, 0) is 37.1 Å². The van der Waals surface area contributed by atoms with E-state index in [0.29, 0.717) is 17.9 Å². The fourth-order valence-corrected chi connectivity index (χ4v) is 2.83. The molecule has 2 N–H and O–H groups in total. The summed E-state index contributed by atoms with van der Waals surface area (Å²) in [5.41, 5.74) is 6.63. The van der Waals surface area contributed by atoms with E-state index in [2.05, 4.69) is 4.98 Å². The van der Waals surface area contributed by atoms with E-state index in [1.807, 2.05) is 17.0 Å². The monoisotopic (exact) mass is 285 g/mol. The lowest BCUT2D eigenvalue weighted by Crippen LogP contribution is -2.38. The first kappa shape index (κ1) is 13.7. The van der Waals surface area contributed by atoms with E-state index in [4.69, 9.17) is 10.2 Å². The Labute approximate surface area is 123 Å². The van der Waals surface area contributed by atoms with Crippen LogP contribution in [0.15, 0.2) is 41.1 Å². The average Bonchev–Trinajstić information content (AvgIpc) is 3.18. The summed E-state index contributed by atoms with van der Waals surface area (Å²) in [6, 6.07) is 7.39. The molecule has 0 aliphatic heterocycles. The first-order valence-electron chi connectivity index (χ1n) is 7.29. The van der Waals surface area contributed by atoms with Gasteiger partial charge in [-0.25, -0.2) is 4.98 Å². The first-order chi connectivity index (χ1) is 10.2. The Kier molecular flexibility index (Phi) is 3.90. The Morgan fingerprint density at radius 1 is 1.33 bits per heavy atom. The maximum atomic E-state index is 12.8. The van der Waals surface area contributed by atoms with Gasteiger partial charge in [0.15, 0.2) is 0 Å². The van der Waals surface area contributed by atoms with Crippen molar-refractivity contribution in [2.45, 2.75) is 38.3 Å². The minimum Gasteiger partial charge on any atom is -0.467 e. The van der Waals surface area contributed by atoms with Crippen molar-refractivity contribution in [2.75, 3.05) is 5.73 Å². The highest BCUT2D eigenvalue weighted by atomic mass is 16.3. The number of nitrogens with zero attached hydrogens (tertiary/aromatic N) is 2. The molecular weight excluding hydrogens is 266 g/mol. The number of anilines is 1. The quantitative estimate of drug-likeness (QED) is 0.937. The van der Waals surface area contributed by atoms with Gasteiger partial charge in [0.1, 0.15) is 11.5 Å². The Balaban J connectivity index is 1.83. The molecule has 2 heterocycles. The van der Waals surface area contributed by atoms with Gasteiger partial charge in [-0.3, -0.25) is 4.79 Å². The Morgan fingerprint density at radius 3 is 2.76 bits per heavy atom. The third-order valence-corrected chi connectivity index (χ3v) is 3.94. The Bertz CT molecular complexity index is 586. The molecule has 1 amide bonds. The van der Waals surface area contributed by atoms with Gasteiger partial charge in [-0.1, -0.05) is 12.8 Å². The minimum absolute atomic E-state index is 0.0571. The third kappa shape index (κ3) is 3.07. The lowest BCUT2D eigenvalue weighted by Gasteiger charge is -2.28. The molecule has 21 heavy (non-hydrogen) atoms. The molecule has 0 atom stereocenters. The maximum Gasteiger partial charge on any atom is 0.273 e. The van der Waals surface area contributed by atoms with Crippen LogP contribution >= 0.6 is 0 Å². The van der Waals surface area contributed by atoms with Crippen molar-refractivity contribution in [2.24, 2.45) is 0 Å². The van der Waals surface area contributed by atoms with Crippen LogP contribution in [-0.4, -0.2) is 21.8 Å². The highest BCUT2D eigenvalue weighted by molar-refractivity contribution is 5.92. The standard InChI is InChI=1S/C16H19N3O2/c17-12-7-8-15(18-10-12)16(20)19(13-4-1-2-5-13)11-14-6-3-9-21-14/h3,6-10,13H,1-2,4-5,11,17H2. The minimum atomic E-state index is -0.0571. The number of carbonyl (C=O) groups is 1. The van der Waals surface area contributed by atoms with Crippen molar-refractivity contribution in [3.05, 3.63) is 48.2 Å². The van der Waals surface area contributed by atoms with Crippen LogP contribution in [0.4, 0.5) is 5.69 Å². The molecule has 1 aliphatic carbocycles. The first-order valence-corrected chi connectivity index (χ1v) is 7.29. The number of rotatable bonds is 4. The summed E-state index contributed by atoms with van der Waals surface area (Å²) >= 11 is 0. The summed E-state index contributed by atoms with van der Waals surface area (Å²) in [4.78, 5) is 18.8. The molecule has 0 saturated heterocycles. The number of carbonyl (C=O) groups excluding carboxylic acids is 1. The predicted octanol–water partition coefficient (Wildman–Crippen LogP) is 2.84. The smallest absolute Gasteiger partial charge is 0.273 e. The lowest BCUT2D eigenvalue weighted by molar-refractivity contribution is 0.0643. The van der Waals surface area contributed by atoms with E-state index in [-0.39, 0.29) is 11.9 Å². The lowest BCUT2D eigenvalue weighted by atomic mass is 10.1. The molecule has 2 aromatic heterocycles. The highest BCUT2D eigenvalue weighted by Crippen LogP contribution is 2.26. The number of amides is 1. The number of furan rings is 1. The van der Waals surface area contributed by atoms with E-state index in [1.165, 1.54) is 19.0 Å². The topological polar surface area (TPSA) is 72.4 Å². The molecule has 0 spiro atoms. The Morgan fingerprint density at radius 2 is 2.14 bits per heavy atom. The van der Waals surface area contributed by atoms with Gasteiger partial charge in [-0.2, -0.15) is 0 Å². The van der Waals surface area contributed by atoms with Gasteiger partial charge in [0.05, 0.1) is 24.7 Å². The van der Waals surface area contributed by atoms with E-state index in [1.54, 1.807) is 18.4 Å². The summed E-state index contributed by atoms with van der Waals surface area (Å²) in [7, 11) is 0. The SMILES string of the molecule is Nc1ccc(C(=O)N(Cc2ccco2)C2CCCC2)nc1. The van der Waals surface area contributed by atoms with Crippen molar-refractivity contribution >= 4 is 11.6 Å². The van der Waals surface area contributed by atoms with E-state index < -0.39 is 0 Å². The summed E-state index contributed by atoms with van der Waals surface area (Å²) < 4.78 is 5.39. The third-order valence-electron chi connectivity index (χ3n) is 3.94. The van der Waals surface area contributed by atoms with Crippen LogP contribution in [0.2, 0.25) is 0 Å². The van der Waals surface area contributed by atoms with E-state index in [9.17, 15) is 4.79 Å². The molecule has 2 aromatic rings. The Hall–Kier alpha value is -2.30. The van der Waals surface area contributed by atoms with E-state index in [0.717, 1.165) is 18.6 Å². The van der Waals surface area contributed by atoms with Crippen LogP contribution in [0.1, 0.15) is 41.9 Å². The second-order valence-electron chi connectivity index (χ2n) is 5.43. The summed E-state index contributed by atoms with van der Waals surface area (Å²) in [5, 5.41) is 0. The second-order valence-corrected chi connectivity index (χ2v) is 5.43. The number of hydrogen-bond acceptors (Lipinski definition) is 4. The van der Waals surface area contributed by atoms with Crippen LogP contribution in [-0.2, 0) is 6.54 Å². The van der Waals surface area contributed by atoms with Crippen molar-refractivity contribution in [3.8, 4) is 0 Å². The molecule has 3 rings (SSSR count). The molecule has 0 unspecified atom stereocenters. The zero-order valence-corrected chi connectivity index (χ0v) is 11.9. The van der Waals surface area contributed by atoms with Crippen molar-refractivity contribution in [1.82, 2.24) is 9.88 Å². The molecule has 5 nitrogen and oxygen atoms in total. The van der Waals surface area contributed by atoms with Crippen molar-refractivity contribution < 1.29 is 9.21 Å². The van der Waals surface area contributed by atoms with Crippen molar-refractivity contribution in [1.29, 1.82) is 0 Å². The highest BCUT2D eigenvalue weighted by Gasteiger charge is 2.28. The molecule has 0 bridgehead atoms. The second kappa shape index (κ2) is 5.99. The normalized spacial score (nSPS) is 15.2. The van der Waals surface area contributed by atoms with E-state index >= 15 is 0 Å². The zero-order valence-electron chi connectivity index (χ0n) is 11.9. The number of hydrogen-bond donors (Lipinski definition) is 1. The molecule has 110 valence electrons. The van der Waals surface area contributed by atoms with Crippen LogP contribution in [0.5, 0.6) is 0 Å². The molecule has 0 aromatic carbocycles. The number of nitrogen functional groups attached to an aromatic ring is 1. The molecule has 1 fully saturated rings. The molecule has 5 heteroatoms. The number of aromatic nitrogens is 1. The fraction of sp³-hybridized carbons (Fsp3) is 0.375. The largest absolute Gasteiger partial charge is 0.467 e. The molecule has 1 saturated carbocycles. The van der Waals surface area contributed by atoms with Gasteiger partial charge in [0.25, 0.3) is 5.91 Å². The molecule has 1 aliphatic rings. The van der Waals surface area contributed by atoms with Gasteiger partial charge >= 0.3 is 0 Å². The van der Waals surface area contributed by atoms with Crippen molar-refractivity contribution in [3.63, 3.8) is 0 Å². The molecular formula is C16H19N3O2.